The second-order valence-electron chi connectivity index (χ2n) is 3.52. The van der Waals surface area contributed by atoms with Gasteiger partial charge in [0, 0.05) is 12.7 Å². The summed E-state index contributed by atoms with van der Waals surface area (Å²) in [5, 5.41) is 15.9. The molecular weight excluding hydrogens is 194 g/mol. The van der Waals surface area contributed by atoms with E-state index >= 15 is 0 Å². The smallest absolute Gasteiger partial charge is 0.320 e. The van der Waals surface area contributed by atoms with Crippen LogP contribution in [0, 0.1) is 6.92 Å². The molecule has 0 aliphatic heterocycles. The van der Waals surface area contributed by atoms with Crippen molar-refractivity contribution < 1.29 is 9.90 Å². The van der Waals surface area contributed by atoms with E-state index < -0.39 is 12.0 Å². The summed E-state index contributed by atoms with van der Waals surface area (Å²) in [7, 11) is 0. The molecule has 1 heterocycles. The van der Waals surface area contributed by atoms with Gasteiger partial charge in [0.1, 0.15) is 6.04 Å². The summed E-state index contributed by atoms with van der Waals surface area (Å²) >= 11 is 0. The van der Waals surface area contributed by atoms with Crippen molar-refractivity contribution in [2.45, 2.75) is 32.9 Å². The normalized spacial score (nSPS) is 12.7. The summed E-state index contributed by atoms with van der Waals surface area (Å²) in [6.45, 7) is 5.14. The molecule has 0 saturated heterocycles. The molecule has 15 heavy (non-hydrogen) atoms. The van der Waals surface area contributed by atoms with Gasteiger partial charge in [-0.25, -0.2) is 0 Å². The van der Waals surface area contributed by atoms with Crippen LogP contribution in [0.5, 0.6) is 0 Å². The lowest BCUT2D eigenvalue weighted by atomic mass is 10.2. The lowest BCUT2D eigenvalue weighted by Crippen LogP contribution is -2.37. The molecule has 0 saturated carbocycles. The number of carbonyl (C=O) groups is 1. The summed E-state index contributed by atoms with van der Waals surface area (Å²) in [6, 6.07) is -0.487. The van der Waals surface area contributed by atoms with Gasteiger partial charge < -0.3 is 10.4 Å². The zero-order chi connectivity index (χ0) is 11.3. The quantitative estimate of drug-likeness (QED) is 0.724. The molecule has 0 bridgehead atoms. The fourth-order valence-electron chi connectivity index (χ4n) is 1.41. The number of nitrogens with one attached hydrogen (secondary N) is 1. The number of carboxylic acids is 1. The van der Waals surface area contributed by atoms with Crippen LogP contribution in [-0.2, 0) is 11.3 Å². The van der Waals surface area contributed by atoms with Crippen LogP contribution in [0.15, 0.2) is 12.4 Å². The van der Waals surface area contributed by atoms with Gasteiger partial charge in [0.2, 0.25) is 0 Å². The number of rotatable bonds is 6. The predicted molar refractivity (Wildman–Crippen MR) is 56.7 cm³/mol. The molecule has 1 aromatic rings. The number of carboxylic acid groups (broad SMARTS) is 1. The van der Waals surface area contributed by atoms with Crippen LogP contribution in [0.3, 0.4) is 0 Å². The van der Waals surface area contributed by atoms with Gasteiger partial charge in [0.05, 0.1) is 6.20 Å². The maximum Gasteiger partial charge on any atom is 0.320 e. The van der Waals surface area contributed by atoms with E-state index in [1.807, 2.05) is 20.0 Å². The fraction of sp³-hybridized carbons (Fsp3) is 0.600. The monoisotopic (exact) mass is 211 g/mol. The predicted octanol–water partition coefficient (Wildman–Crippen LogP) is 0.644. The molecule has 0 aromatic carbocycles. The molecule has 1 aromatic heterocycles. The Morgan fingerprint density at radius 2 is 2.47 bits per heavy atom. The van der Waals surface area contributed by atoms with Crippen molar-refractivity contribution in [2.75, 3.05) is 6.54 Å². The molecule has 1 unspecified atom stereocenters. The highest BCUT2D eigenvalue weighted by Gasteiger charge is 2.15. The Balaban J connectivity index is 2.43. The number of aromatic nitrogens is 2. The fourth-order valence-corrected chi connectivity index (χ4v) is 1.41. The van der Waals surface area contributed by atoms with Gasteiger partial charge in [0.15, 0.2) is 0 Å². The van der Waals surface area contributed by atoms with E-state index in [0.717, 1.165) is 5.56 Å². The Kier molecular flexibility index (Phi) is 4.30. The topological polar surface area (TPSA) is 67.2 Å². The van der Waals surface area contributed by atoms with Crippen LogP contribution in [0.1, 0.15) is 18.9 Å². The Morgan fingerprint density at radius 3 is 2.93 bits per heavy atom. The molecular formula is C10H17N3O2. The average Bonchev–Trinajstić information content (AvgIpc) is 2.58. The van der Waals surface area contributed by atoms with Crippen molar-refractivity contribution in [2.24, 2.45) is 0 Å². The third-order valence-corrected chi connectivity index (χ3v) is 2.16. The lowest BCUT2D eigenvalue weighted by molar-refractivity contribution is -0.139. The molecule has 0 aliphatic rings. The zero-order valence-electron chi connectivity index (χ0n) is 9.10. The van der Waals surface area contributed by atoms with Crippen LogP contribution in [0.25, 0.3) is 0 Å². The summed E-state index contributed by atoms with van der Waals surface area (Å²) in [6.07, 6.45) is 4.22. The molecule has 1 rings (SSSR count). The number of likely N-dealkylation sites (N-methyl/N-ethyl adjacent to an activating group) is 1. The molecule has 1 atom stereocenters. The molecule has 0 radical (unpaired) electrons. The van der Waals surface area contributed by atoms with E-state index in [1.54, 1.807) is 10.9 Å². The van der Waals surface area contributed by atoms with Gasteiger partial charge in [-0.05, 0) is 25.5 Å². The number of hydrogen-bond acceptors (Lipinski definition) is 3. The van der Waals surface area contributed by atoms with Crippen LogP contribution < -0.4 is 5.32 Å². The van der Waals surface area contributed by atoms with E-state index in [1.165, 1.54) is 0 Å². The highest BCUT2D eigenvalue weighted by molar-refractivity contribution is 5.73. The number of aliphatic carboxylic acids is 1. The van der Waals surface area contributed by atoms with Crippen LogP contribution >= 0.6 is 0 Å². The van der Waals surface area contributed by atoms with Crippen molar-refractivity contribution in [1.82, 2.24) is 15.1 Å². The highest BCUT2D eigenvalue weighted by Crippen LogP contribution is 1.99. The lowest BCUT2D eigenvalue weighted by Gasteiger charge is -2.12. The van der Waals surface area contributed by atoms with Gasteiger partial charge in [-0.3, -0.25) is 9.48 Å². The van der Waals surface area contributed by atoms with Crippen molar-refractivity contribution in [3.05, 3.63) is 18.0 Å². The van der Waals surface area contributed by atoms with Gasteiger partial charge in [0.25, 0.3) is 0 Å². The first-order chi connectivity index (χ1) is 7.13. The molecule has 0 amide bonds. The SMILES string of the molecule is CCNC(CCn1cc(C)cn1)C(=O)O. The van der Waals surface area contributed by atoms with Gasteiger partial charge in [-0.1, -0.05) is 6.92 Å². The van der Waals surface area contributed by atoms with E-state index in [9.17, 15) is 4.79 Å². The number of hydrogen-bond donors (Lipinski definition) is 2. The Bertz CT molecular complexity index is 322. The summed E-state index contributed by atoms with van der Waals surface area (Å²) in [5.41, 5.74) is 1.09. The summed E-state index contributed by atoms with van der Waals surface area (Å²) in [4.78, 5) is 10.8. The minimum atomic E-state index is -0.805. The number of nitrogens with zero attached hydrogens (tertiary/aromatic N) is 2. The third kappa shape index (κ3) is 3.71. The first-order valence-corrected chi connectivity index (χ1v) is 5.08. The number of aryl methyl sites for hydroxylation is 2. The van der Waals surface area contributed by atoms with E-state index in [2.05, 4.69) is 10.4 Å². The standard InChI is InChI=1S/C10H17N3O2/c1-3-11-9(10(14)15)4-5-13-7-8(2)6-12-13/h6-7,9,11H,3-5H2,1-2H3,(H,14,15). The van der Waals surface area contributed by atoms with Gasteiger partial charge in [-0.15, -0.1) is 0 Å². The van der Waals surface area contributed by atoms with E-state index in [-0.39, 0.29) is 0 Å². The van der Waals surface area contributed by atoms with Crippen molar-refractivity contribution in [1.29, 1.82) is 0 Å². The molecule has 84 valence electrons. The Hall–Kier alpha value is -1.36. The van der Waals surface area contributed by atoms with Crippen LogP contribution in [0.4, 0.5) is 0 Å². The van der Waals surface area contributed by atoms with Crippen LogP contribution in [0.2, 0.25) is 0 Å². The van der Waals surface area contributed by atoms with E-state index in [0.29, 0.717) is 19.5 Å². The molecule has 5 nitrogen and oxygen atoms in total. The zero-order valence-corrected chi connectivity index (χ0v) is 9.10. The van der Waals surface area contributed by atoms with Gasteiger partial charge in [-0.2, -0.15) is 5.10 Å². The first-order valence-electron chi connectivity index (χ1n) is 5.08. The Morgan fingerprint density at radius 1 is 1.73 bits per heavy atom. The van der Waals surface area contributed by atoms with Crippen molar-refractivity contribution >= 4 is 5.97 Å². The Labute approximate surface area is 89.1 Å². The minimum absolute atomic E-state index is 0.487. The molecule has 0 fully saturated rings. The summed E-state index contributed by atoms with van der Waals surface area (Å²) < 4.78 is 1.77. The summed E-state index contributed by atoms with van der Waals surface area (Å²) in [5.74, 6) is -0.805. The van der Waals surface area contributed by atoms with Crippen molar-refractivity contribution in [3.63, 3.8) is 0 Å². The second kappa shape index (κ2) is 5.50. The van der Waals surface area contributed by atoms with E-state index in [4.69, 9.17) is 5.11 Å². The van der Waals surface area contributed by atoms with Crippen molar-refractivity contribution in [3.8, 4) is 0 Å². The minimum Gasteiger partial charge on any atom is -0.480 e. The van der Waals surface area contributed by atoms with Gasteiger partial charge >= 0.3 is 5.97 Å². The third-order valence-electron chi connectivity index (χ3n) is 2.16. The molecule has 5 heteroatoms. The maximum atomic E-state index is 10.8. The maximum absolute atomic E-state index is 10.8. The largest absolute Gasteiger partial charge is 0.480 e. The average molecular weight is 211 g/mol. The molecule has 2 N–H and O–H groups in total. The first kappa shape index (κ1) is 11.7. The molecule has 0 spiro atoms. The molecule has 0 aliphatic carbocycles. The van der Waals surface area contributed by atoms with Crippen LogP contribution in [-0.4, -0.2) is 33.4 Å². The second-order valence-corrected chi connectivity index (χ2v) is 3.52. The highest BCUT2D eigenvalue weighted by atomic mass is 16.4.